The van der Waals surface area contributed by atoms with Crippen LogP contribution in [0.2, 0.25) is 0 Å². The topological polar surface area (TPSA) is 63.6 Å². The molecular formula is C15H17N3O2S. The highest BCUT2D eigenvalue weighted by molar-refractivity contribution is 7.14. The van der Waals surface area contributed by atoms with Gasteiger partial charge in [0.05, 0.1) is 18.7 Å². The Morgan fingerprint density at radius 3 is 2.86 bits per heavy atom. The summed E-state index contributed by atoms with van der Waals surface area (Å²) >= 11 is 1.47. The fourth-order valence-electron chi connectivity index (χ4n) is 1.67. The van der Waals surface area contributed by atoms with Crippen LogP contribution in [-0.2, 0) is 9.53 Å². The summed E-state index contributed by atoms with van der Waals surface area (Å²) < 4.78 is 4.87. The summed E-state index contributed by atoms with van der Waals surface area (Å²) in [5, 5.41) is 6.80. The molecule has 0 aliphatic carbocycles. The number of hydrazone groups is 1. The number of benzene rings is 1. The predicted molar refractivity (Wildman–Crippen MR) is 85.5 cm³/mol. The molecule has 1 aromatic heterocycles. The summed E-state index contributed by atoms with van der Waals surface area (Å²) in [6, 6.07) is 9.94. The Kier molecular flexibility index (Phi) is 5.45. The number of nitrogens with zero attached hydrogens (tertiary/aromatic N) is 2. The molecule has 0 bridgehead atoms. The lowest BCUT2D eigenvalue weighted by molar-refractivity contribution is -0.141. The molecular weight excluding hydrogens is 286 g/mol. The molecule has 0 spiro atoms. The highest BCUT2D eigenvalue weighted by atomic mass is 32.1. The molecule has 0 unspecified atom stereocenters. The van der Waals surface area contributed by atoms with E-state index >= 15 is 0 Å². The van der Waals surface area contributed by atoms with Gasteiger partial charge < -0.3 is 4.74 Å². The van der Waals surface area contributed by atoms with Crippen LogP contribution in [0.15, 0.2) is 40.8 Å². The van der Waals surface area contributed by atoms with Crippen molar-refractivity contribution < 1.29 is 9.53 Å². The lowest BCUT2D eigenvalue weighted by atomic mass is 10.2. The molecule has 1 aromatic carbocycles. The molecule has 21 heavy (non-hydrogen) atoms. The number of hydrogen-bond acceptors (Lipinski definition) is 6. The molecule has 0 aliphatic rings. The highest BCUT2D eigenvalue weighted by Gasteiger charge is 2.06. The quantitative estimate of drug-likeness (QED) is 0.503. The van der Waals surface area contributed by atoms with E-state index in [4.69, 9.17) is 4.74 Å². The second-order valence-corrected chi connectivity index (χ2v) is 5.20. The number of thiazole rings is 1. The van der Waals surface area contributed by atoms with E-state index in [0.29, 0.717) is 17.5 Å². The monoisotopic (exact) mass is 303 g/mol. The maximum Gasteiger partial charge on any atom is 0.311 e. The van der Waals surface area contributed by atoms with E-state index in [9.17, 15) is 4.79 Å². The molecule has 0 radical (unpaired) electrons. The van der Waals surface area contributed by atoms with Gasteiger partial charge in [-0.1, -0.05) is 30.3 Å². The van der Waals surface area contributed by atoms with Crippen LogP contribution in [0.5, 0.6) is 0 Å². The normalized spacial score (nSPS) is 11.2. The summed E-state index contributed by atoms with van der Waals surface area (Å²) in [6.07, 6.45) is 0.178. The average molecular weight is 303 g/mol. The van der Waals surface area contributed by atoms with E-state index in [0.717, 1.165) is 11.3 Å². The molecule has 1 heterocycles. The molecule has 0 amide bonds. The third-order valence-corrected chi connectivity index (χ3v) is 3.37. The van der Waals surface area contributed by atoms with E-state index in [1.54, 1.807) is 13.8 Å². The molecule has 0 fully saturated rings. The first kappa shape index (κ1) is 15.2. The van der Waals surface area contributed by atoms with Crippen LogP contribution in [0.1, 0.15) is 20.3 Å². The summed E-state index contributed by atoms with van der Waals surface area (Å²) in [5.41, 5.74) is 5.49. The molecule has 0 aliphatic heterocycles. The largest absolute Gasteiger partial charge is 0.466 e. The molecule has 5 nitrogen and oxygen atoms in total. The Hall–Kier alpha value is -2.21. The van der Waals surface area contributed by atoms with Gasteiger partial charge in [0.15, 0.2) is 0 Å². The number of esters is 1. The van der Waals surface area contributed by atoms with Gasteiger partial charge in [-0.25, -0.2) is 4.98 Å². The van der Waals surface area contributed by atoms with Gasteiger partial charge in [-0.15, -0.1) is 11.3 Å². The Morgan fingerprint density at radius 1 is 1.38 bits per heavy atom. The van der Waals surface area contributed by atoms with Gasteiger partial charge in [0.2, 0.25) is 5.13 Å². The van der Waals surface area contributed by atoms with E-state index in [-0.39, 0.29) is 12.4 Å². The third kappa shape index (κ3) is 4.68. The van der Waals surface area contributed by atoms with Crippen LogP contribution in [0, 0.1) is 0 Å². The lowest BCUT2D eigenvalue weighted by Gasteiger charge is -2.01. The third-order valence-electron chi connectivity index (χ3n) is 2.62. The van der Waals surface area contributed by atoms with Gasteiger partial charge in [0, 0.05) is 16.7 Å². The van der Waals surface area contributed by atoms with Crippen molar-refractivity contribution in [2.75, 3.05) is 12.0 Å². The van der Waals surface area contributed by atoms with Crippen LogP contribution in [0.25, 0.3) is 11.3 Å². The fraction of sp³-hybridized carbons (Fsp3) is 0.267. The fourth-order valence-corrected chi connectivity index (χ4v) is 2.33. The number of carbonyl (C=O) groups is 1. The Labute approximate surface area is 127 Å². The molecule has 2 aromatic rings. The second kappa shape index (κ2) is 7.54. The van der Waals surface area contributed by atoms with Crippen LogP contribution >= 0.6 is 11.3 Å². The zero-order valence-corrected chi connectivity index (χ0v) is 12.8. The lowest BCUT2D eigenvalue weighted by Crippen LogP contribution is -2.10. The minimum Gasteiger partial charge on any atom is -0.466 e. The van der Waals surface area contributed by atoms with Crippen molar-refractivity contribution in [3.05, 3.63) is 35.7 Å². The predicted octanol–water partition coefficient (Wildman–Crippen LogP) is 3.55. The van der Waals surface area contributed by atoms with E-state index < -0.39 is 0 Å². The standard InChI is InChI=1S/C15H17N3O2S/c1-3-20-14(19)9-11(2)17-18-15-16-13(10-21-15)12-7-5-4-6-8-12/h4-8,10H,3,9H2,1-2H3,(H,16,18)/b17-11+. The number of nitrogens with one attached hydrogen (secondary N) is 1. The van der Waals surface area contributed by atoms with Crippen LogP contribution in [-0.4, -0.2) is 23.3 Å². The van der Waals surface area contributed by atoms with Gasteiger partial charge in [0.25, 0.3) is 0 Å². The number of ether oxygens (including phenoxy) is 1. The SMILES string of the molecule is CCOC(=O)C/C(C)=N/Nc1nc(-c2ccccc2)cs1. The van der Waals surface area contributed by atoms with Crippen molar-refractivity contribution in [1.29, 1.82) is 0 Å². The average Bonchev–Trinajstić information content (AvgIpc) is 2.95. The van der Waals surface area contributed by atoms with Gasteiger partial charge in [-0.3, -0.25) is 10.2 Å². The number of aromatic nitrogens is 1. The molecule has 2 rings (SSSR count). The maximum atomic E-state index is 11.3. The number of rotatable bonds is 6. The molecule has 110 valence electrons. The maximum absolute atomic E-state index is 11.3. The zero-order valence-electron chi connectivity index (χ0n) is 12.0. The van der Waals surface area contributed by atoms with Gasteiger partial charge in [0.1, 0.15) is 0 Å². The number of hydrogen-bond donors (Lipinski definition) is 1. The van der Waals surface area contributed by atoms with Crippen molar-refractivity contribution in [2.45, 2.75) is 20.3 Å². The van der Waals surface area contributed by atoms with E-state index in [1.165, 1.54) is 11.3 Å². The van der Waals surface area contributed by atoms with Crippen molar-refractivity contribution in [3.8, 4) is 11.3 Å². The van der Waals surface area contributed by atoms with Gasteiger partial charge in [-0.05, 0) is 13.8 Å². The number of carbonyl (C=O) groups excluding carboxylic acids is 1. The first-order chi connectivity index (χ1) is 10.2. The zero-order chi connectivity index (χ0) is 15.1. The summed E-state index contributed by atoms with van der Waals surface area (Å²) in [7, 11) is 0. The van der Waals surface area contributed by atoms with Crippen LogP contribution < -0.4 is 5.43 Å². The first-order valence-electron chi connectivity index (χ1n) is 6.64. The second-order valence-electron chi connectivity index (χ2n) is 4.34. The van der Waals surface area contributed by atoms with Crippen LogP contribution in [0.4, 0.5) is 5.13 Å². The molecule has 6 heteroatoms. The molecule has 1 N–H and O–H groups in total. The van der Waals surface area contributed by atoms with Gasteiger partial charge >= 0.3 is 5.97 Å². The first-order valence-corrected chi connectivity index (χ1v) is 7.52. The highest BCUT2D eigenvalue weighted by Crippen LogP contribution is 2.24. The van der Waals surface area contributed by atoms with E-state index in [2.05, 4.69) is 15.5 Å². The van der Waals surface area contributed by atoms with Crippen molar-refractivity contribution in [3.63, 3.8) is 0 Å². The van der Waals surface area contributed by atoms with Crippen molar-refractivity contribution in [1.82, 2.24) is 4.98 Å². The molecule has 0 saturated heterocycles. The Morgan fingerprint density at radius 2 is 2.14 bits per heavy atom. The summed E-state index contributed by atoms with van der Waals surface area (Å²) in [4.78, 5) is 15.8. The summed E-state index contributed by atoms with van der Waals surface area (Å²) in [5.74, 6) is -0.273. The summed E-state index contributed by atoms with van der Waals surface area (Å²) in [6.45, 7) is 3.94. The van der Waals surface area contributed by atoms with Crippen molar-refractivity contribution >= 4 is 28.1 Å². The smallest absolute Gasteiger partial charge is 0.311 e. The Bertz CT molecular complexity index is 623. The molecule has 0 atom stereocenters. The van der Waals surface area contributed by atoms with Gasteiger partial charge in [-0.2, -0.15) is 5.10 Å². The van der Waals surface area contributed by atoms with Crippen molar-refractivity contribution in [2.24, 2.45) is 5.10 Å². The minimum absolute atomic E-state index is 0.178. The molecule has 0 saturated carbocycles. The number of anilines is 1. The minimum atomic E-state index is -0.273. The van der Waals surface area contributed by atoms with E-state index in [1.807, 2.05) is 35.7 Å². The Balaban J connectivity index is 1.95. The van der Waals surface area contributed by atoms with Crippen LogP contribution in [0.3, 0.4) is 0 Å².